The lowest BCUT2D eigenvalue weighted by Gasteiger charge is -2.12. The molecular weight excluding hydrogens is 304 g/mol. The lowest BCUT2D eigenvalue weighted by atomic mass is 10.1. The van der Waals surface area contributed by atoms with Crippen molar-refractivity contribution < 1.29 is 19.3 Å². The van der Waals surface area contributed by atoms with Gasteiger partial charge in [-0.1, -0.05) is 71.1 Å². The molecule has 0 amide bonds. The van der Waals surface area contributed by atoms with Gasteiger partial charge < -0.3 is 19.3 Å². The van der Waals surface area contributed by atoms with Gasteiger partial charge in [-0.3, -0.25) is 0 Å². The lowest BCUT2D eigenvalue weighted by Crippen LogP contribution is -2.10. The molecule has 0 saturated heterocycles. The van der Waals surface area contributed by atoms with Crippen molar-refractivity contribution in [1.82, 2.24) is 0 Å². The van der Waals surface area contributed by atoms with E-state index in [1.165, 1.54) is 64.2 Å². The summed E-state index contributed by atoms with van der Waals surface area (Å²) in [5.74, 6) is 0.765. The minimum absolute atomic E-state index is 0.125. The molecule has 24 heavy (non-hydrogen) atoms. The zero-order valence-electron chi connectivity index (χ0n) is 15.6. The van der Waals surface area contributed by atoms with Crippen molar-refractivity contribution in [3.05, 3.63) is 12.0 Å². The SMILES string of the molecule is CCCCCCCCCCCCCC1OC=C(COCCCO)O1. The van der Waals surface area contributed by atoms with Gasteiger partial charge in [0.05, 0.1) is 0 Å². The Bertz CT molecular complexity index is 304. The summed E-state index contributed by atoms with van der Waals surface area (Å²) in [7, 11) is 0. The molecule has 4 heteroatoms. The predicted octanol–water partition coefficient (Wildman–Crippen LogP) is 5.30. The molecule has 0 saturated carbocycles. The van der Waals surface area contributed by atoms with E-state index in [0.717, 1.165) is 18.6 Å². The molecular formula is C20H38O4. The summed E-state index contributed by atoms with van der Waals surface area (Å²) in [6.07, 6.45) is 18.1. The van der Waals surface area contributed by atoms with Crippen LogP contribution in [0.3, 0.4) is 0 Å². The Labute approximate surface area is 148 Å². The van der Waals surface area contributed by atoms with Crippen LogP contribution in [0.4, 0.5) is 0 Å². The fourth-order valence-electron chi connectivity index (χ4n) is 2.89. The van der Waals surface area contributed by atoms with E-state index >= 15 is 0 Å². The van der Waals surface area contributed by atoms with Crippen LogP contribution < -0.4 is 0 Å². The van der Waals surface area contributed by atoms with Gasteiger partial charge in [0.25, 0.3) is 0 Å². The molecule has 0 aromatic carbocycles. The van der Waals surface area contributed by atoms with Crippen molar-refractivity contribution in [2.75, 3.05) is 19.8 Å². The minimum Gasteiger partial charge on any atom is -0.459 e. The van der Waals surface area contributed by atoms with Crippen molar-refractivity contribution in [2.45, 2.75) is 96.7 Å². The van der Waals surface area contributed by atoms with Gasteiger partial charge in [-0.05, 0) is 12.8 Å². The average molecular weight is 343 g/mol. The van der Waals surface area contributed by atoms with Crippen LogP contribution in [-0.4, -0.2) is 31.2 Å². The number of hydrogen-bond donors (Lipinski definition) is 1. The molecule has 1 unspecified atom stereocenters. The Morgan fingerprint density at radius 1 is 0.917 bits per heavy atom. The Hall–Kier alpha value is -0.740. The van der Waals surface area contributed by atoms with Crippen LogP contribution in [-0.2, 0) is 14.2 Å². The van der Waals surface area contributed by atoms with Gasteiger partial charge in [0.1, 0.15) is 12.9 Å². The molecule has 0 aromatic rings. The minimum atomic E-state index is -0.125. The number of unbranched alkanes of at least 4 members (excludes halogenated alkanes) is 10. The van der Waals surface area contributed by atoms with E-state index in [1.54, 1.807) is 6.26 Å². The van der Waals surface area contributed by atoms with Crippen molar-refractivity contribution in [2.24, 2.45) is 0 Å². The summed E-state index contributed by atoms with van der Waals surface area (Å²) >= 11 is 0. The lowest BCUT2D eigenvalue weighted by molar-refractivity contribution is -0.0472. The van der Waals surface area contributed by atoms with Gasteiger partial charge in [-0.15, -0.1) is 0 Å². The molecule has 1 aliphatic rings. The summed E-state index contributed by atoms with van der Waals surface area (Å²) in [6, 6.07) is 0. The maximum atomic E-state index is 8.68. The fourth-order valence-corrected chi connectivity index (χ4v) is 2.89. The van der Waals surface area contributed by atoms with Crippen LogP contribution in [0, 0.1) is 0 Å². The maximum Gasteiger partial charge on any atom is 0.240 e. The molecule has 1 atom stereocenters. The first-order valence-corrected chi connectivity index (χ1v) is 10.1. The number of rotatable bonds is 17. The Kier molecular flexibility index (Phi) is 14.0. The zero-order valence-corrected chi connectivity index (χ0v) is 15.6. The number of hydrogen-bond acceptors (Lipinski definition) is 4. The van der Waals surface area contributed by atoms with E-state index in [9.17, 15) is 0 Å². The van der Waals surface area contributed by atoms with Crippen LogP contribution in [0.15, 0.2) is 12.0 Å². The third-order valence-electron chi connectivity index (χ3n) is 4.37. The van der Waals surface area contributed by atoms with Gasteiger partial charge in [0.2, 0.25) is 6.29 Å². The van der Waals surface area contributed by atoms with E-state index in [0.29, 0.717) is 19.6 Å². The van der Waals surface area contributed by atoms with Gasteiger partial charge >= 0.3 is 0 Å². The highest BCUT2D eigenvalue weighted by molar-refractivity contribution is 4.92. The van der Waals surface area contributed by atoms with Crippen LogP contribution in [0.1, 0.15) is 90.4 Å². The highest BCUT2D eigenvalue weighted by Crippen LogP contribution is 2.20. The topological polar surface area (TPSA) is 47.9 Å². The van der Waals surface area contributed by atoms with Gasteiger partial charge in [0.15, 0.2) is 5.76 Å². The van der Waals surface area contributed by atoms with Gasteiger partial charge in [0, 0.05) is 19.6 Å². The first kappa shape index (κ1) is 21.3. The van der Waals surface area contributed by atoms with Crippen LogP contribution >= 0.6 is 0 Å². The molecule has 142 valence electrons. The molecule has 1 aliphatic heterocycles. The predicted molar refractivity (Wildman–Crippen MR) is 97.6 cm³/mol. The van der Waals surface area contributed by atoms with E-state index in [1.807, 2.05) is 0 Å². The maximum absolute atomic E-state index is 8.68. The zero-order chi connectivity index (χ0) is 17.3. The van der Waals surface area contributed by atoms with Crippen LogP contribution in [0.25, 0.3) is 0 Å². The summed E-state index contributed by atoms with van der Waals surface area (Å²) in [6.45, 7) is 3.43. The molecule has 0 aliphatic carbocycles. The summed E-state index contributed by atoms with van der Waals surface area (Å²) in [5.41, 5.74) is 0. The monoisotopic (exact) mass is 342 g/mol. The van der Waals surface area contributed by atoms with Crippen molar-refractivity contribution in [1.29, 1.82) is 0 Å². The number of ether oxygens (including phenoxy) is 3. The third kappa shape index (κ3) is 11.7. The first-order valence-electron chi connectivity index (χ1n) is 10.1. The average Bonchev–Trinajstić information content (AvgIpc) is 3.04. The second-order valence-corrected chi connectivity index (χ2v) is 6.72. The fraction of sp³-hybridized carbons (Fsp3) is 0.900. The molecule has 0 aromatic heterocycles. The normalized spacial score (nSPS) is 16.8. The smallest absolute Gasteiger partial charge is 0.240 e. The van der Waals surface area contributed by atoms with Crippen molar-refractivity contribution in [3.8, 4) is 0 Å². The largest absolute Gasteiger partial charge is 0.459 e. The van der Waals surface area contributed by atoms with Crippen molar-refractivity contribution in [3.63, 3.8) is 0 Å². The summed E-state index contributed by atoms with van der Waals surface area (Å²) in [4.78, 5) is 0. The number of aliphatic hydroxyl groups excluding tert-OH is 1. The third-order valence-corrected chi connectivity index (χ3v) is 4.37. The van der Waals surface area contributed by atoms with E-state index in [2.05, 4.69) is 6.92 Å². The van der Waals surface area contributed by atoms with E-state index in [4.69, 9.17) is 19.3 Å². The molecule has 1 heterocycles. The van der Waals surface area contributed by atoms with Gasteiger partial charge in [-0.25, -0.2) is 0 Å². The Morgan fingerprint density at radius 2 is 1.54 bits per heavy atom. The highest BCUT2D eigenvalue weighted by Gasteiger charge is 2.18. The standard InChI is InChI=1S/C20H38O4/c1-2-3-4-5-6-7-8-9-10-11-12-14-20-23-18-19(24-20)17-22-16-13-15-21/h18,20-21H,2-17H2,1H3. The van der Waals surface area contributed by atoms with Crippen LogP contribution in [0.2, 0.25) is 0 Å². The second kappa shape index (κ2) is 15.8. The van der Waals surface area contributed by atoms with E-state index in [-0.39, 0.29) is 12.9 Å². The van der Waals surface area contributed by atoms with Gasteiger partial charge in [-0.2, -0.15) is 0 Å². The molecule has 0 radical (unpaired) electrons. The Morgan fingerprint density at radius 3 is 2.17 bits per heavy atom. The first-order chi connectivity index (χ1) is 11.9. The molecule has 1 rings (SSSR count). The van der Waals surface area contributed by atoms with Crippen LogP contribution in [0.5, 0.6) is 0 Å². The molecule has 0 spiro atoms. The van der Waals surface area contributed by atoms with E-state index < -0.39 is 0 Å². The molecule has 1 N–H and O–H groups in total. The summed E-state index contributed by atoms with van der Waals surface area (Å²) in [5, 5.41) is 8.68. The highest BCUT2D eigenvalue weighted by atomic mass is 16.7. The molecule has 0 bridgehead atoms. The Balaban J connectivity index is 1.81. The summed E-state index contributed by atoms with van der Waals surface area (Å²) < 4.78 is 16.6. The molecule has 0 fully saturated rings. The number of aliphatic hydroxyl groups is 1. The second-order valence-electron chi connectivity index (χ2n) is 6.72. The van der Waals surface area contributed by atoms with Crippen molar-refractivity contribution >= 4 is 0 Å². The molecule has 4 nitrogen and oxygen atoms in total. The quantitative estimate of drug-likeness (QED) is 0.364.